The van der Waals surface area contributed by atoms with Gasteiger partial charge in [0.15, 0.2) is 0 Å². The van der Waals surface area contributed by atoms with Crippen molar-refractivity contribution in [3.8, 4) is 0 Å². The predicted molar refractivity (Wildman–Crippen MR) is 71.0 cm³/mol. The second kappa shape index (κ2) is 5.37. The number of anilines is 1. The Balaban J connectivity index is 2.03. The molecule has 1 heterocycles. The van der Waals surface area contributed by atoms with Crippen LogP contribution in [0.1, 0.15) is 5.56 Å². The van der Waals surface area contributed by atoms with Crippen LogP contribution in [0.3, 0.4) is 0 Å². The molecule has 0 unspecified atom stereocenters. The van der Waals surface area contributed by atoms with Crippen LogP contribution >= 0.6 is 12.2 Å². The molecule has 2 rings (SSSR count). The van der Waals surface area contributed by atoms with Crippen molar-refractivity contribution >= 4 is 28.8 Å². The fraction of sp³-hybridized carbons (Fsp3) is 0.0909. The zero-order chi connectivity index (χ0) is 13.0. The molecule has 0 atom stereocenters. The van der Waals surface area contributed by atoms with E-state index in [2.05, 4.69) is 15.4 Å². The number of aromatic nitrogens is 3. The molecule has 92 valence electrons. The molecule has 0 aliphatic heterocycles. The molecule has 0 fully saturated rings. The van der Waals surface area contributed by atoms with Crippen LogP contribution < -0.4 is 11.1 Å². The number of rotatable bonds is 4. The molecule has 2 aromatic rings. The standard InChI is InChI=1S/C11H11N5OS/c12-11(18)8-2-1-3-9(4-8)15-10(17)5-16-7-13-6-14-16/h1-4,6-7H,5H2,(H2,12,18)(H,15,17). The average Bonchev–Trinajstić information content (AvgIpc) is 2.82. The van der Waals surface area contributed by atoms with E-state index in [0.29, 0.717) is 16.2 Å². The third-order valence-corrected chi connectivity index (χ3v) is 2.44. The fourth-order valence-electron chi connectivity index (χ4n) is 1.41. The van der Waals surface area contributed by atoms with Gasteiger partial charge in [0, 0.05) is 11.3 Å². The summed E-state index contributed by atoms with van der Waals surface area (Å²) in [5.74, 6) is -0.194. The summed E-state index contributed by atoms with van der Waals surface area (Å²) in [5, 5.41) is 6.58. The first kappa shape index (κ1) is 12.2. The van der Waals surface area contributed by atoms with Crippen LogP contribution in [0, 0.1) is 0 Å². The van der Waals surface area contributed by atoms with Crippen LogP contribution in [0.5, 0.6) is 0 Å². The molecule has 7 heteroatoms. The van der Waals surface area contributed by atoms with E-state index in [9.17, 15) is 4.79 Å². The van der Waals surface area contributed by atoms with E-state index in [1.807, 2.05) is 0 Å². The Morgan fingerprint density at radius 2 is 2.33 bits per heavy atom. The van der Waals surface area contributed by atoms with Crippen molar-refractivity contribution in [2.45, 2.75) is 6.54 Å². The summed E-state index contributed by atoms with van der Waals surface area (Å²) >= 11 is 4.87. The monoisotopic (exact) mass is 261 g/mol. The molecule has 0 spiro atoms. The van der Waals surface area contributed by atoms with E-state index in [0.717, 1.165) is 0 Å². The number of hydrogen-bond donors (Lipinski definition) is 2. The second-order valence-electron chi connectivity index (χ2n) is 3.59. The van der Waals surface area contributed by atoms with Crippen LogP contribution in [0.2, 0.25) is 0 Å². The molecular formula is C11H11N5OS. The van der Waals surface area contributed by atoms with Crippen LogP contribution in [0.4, 0.5) is 5.69 Å². The third-order valence-electron chi connectivity index (χ3n) is 2.20. The predicted octanol–water partition coefficient (Wildman–Crippen LogP) is 0.551. The van der Waals surface area contributed by atoms with E-state index in [1.165, 1.54) is 17.3 Å². The minimum absolute atomic E-state index is 0.108. The number of nitrogens with zero attached hydrogens (tertiary/aromatic N) is 3. The molecule has 0 radical (unpaired) electrons. The van der Waals surface area contributed by atoms with Gasteiger partial charge >= 0.3 is 0 Å². The number of benzene rings is 1. The molecule has 6 nitrogen and oxygen atoms in total. The van der Waals surface area contributed by atoms with Crippen molar-refractivity contribution < 1.29 is 4.79 Å². The third kappa shape index (κ3) is 3.11. The maximum atomic E-state index is 11.7. The summed E-state index contributed by atoms with van der Waals surface area (Å²) in [7, 11) is 0. The lowest BCUT2D eigenvalue weighted by atomic mass is 10.2. The van der Waals surface area contributed by atoms with E-state index >= 15 is 0 Å². The highest BCUT2D eigenvalue weighted by Crippen LogP contribution is 2.10. The molecule has 0 saturated carbocycles. The zero-order valence-electron chi connectivity index (χ0n) is 9.41. The molecule has 0 bridgehead atoms. The number of carbonyl (C=O) groups is 1. The second-order valence-corrected chi connectivity index (χ2v) is 4.03. The van der Waals surface area contributed by atoms with Gasteiger partial charge in [-0.2, -0.15) is 5.10 Å². The molecule has 0 saturated heterocycles. The van der Waals surface area contributed by atoms with Gasteiger partial charge in [-0.15, -0.1) is 0 Å². The van der Waals surface area contributed by atoms with Crippen molar-refractivity contribution in [1.82, 2.24) is 14.8 Å². The molecule has 1 amide bonds. The van der Waals surface area contributed by atoms with Gasteiger partial charge in [-0.05, 0) is 12.1 Å². The summed E-state index contributed by atoms with van der Waals surface area (Å²) in [4.78, 5) is 15.7. The fourth-order valence-corrected chi connectivity index (χ4v) is 1.54. The summed E-state index contributed by atoms with van der Waals surface area (Å²) in [6.07, 6.45) is 2.85. The maximum absolute atomic E-state index is 11.7. The molecule has 1 aromatic carbocycles. The van der Waals surface area contributed by atoms with Crippen molar-refractivity contribution in [2.75, 3.05) is 5.32 Å². The van der Waals surface area contributed by atoms with Gasteiger partial charge < -0.3 is 11.1 Å². The zero-order valence-corrected chi connectivity index (χ0v) is 10.2. The first-order chi connectivity index (χ1) is 8.65. The Kier molecular flexibility index (Phi) is 3.63. The van der Waals surface area contributed by atoms with Gasteiger partial charge in [-0.1, -0.05) is 24.4 Å². The smallest absolute Gasteiger partial charge is 0.246 e. The van der Waals surface area contributed by atoms with E-state index in [4.69, 9.17) is 18.0 Å². The highest BCUT2D eigenvalue weighted by molar-refractivity contribution is 7.80. The van der Waals surface area contributed by atoms with Crippen LogP contribution in [-0.4, -0.2) is 25.7 Å². The minimum atomic E-state index is -0.194. The molecule has 18 heavy (non-hydrogen) atoms. The molecule has 3 N–H and O–H groups in total. The van der Waals surface area contributed by atoms with Crippen molar-refractivity contribution in [3.63, 3.8) is 0 Å². The van der Waals surface area contributed by atoms with Crippen LogP contribution in [0.15, 0.2) is 36.9 Å². The lowest BCUT2D eigenvalue weighted by Gasteiger charge is -2.06. The molecule has 1 aromatic heterocycles. The van der Waals surface area contributed by atoms with Gasteiger partial charge in [0.25, 0.3) is 0 Å². The quantitative estimate of drug-likeness (QED) is 0.785. The summed E-state index contributed by atoms with van der Waals surface area (Å²) in [5.41, 5.74) is 6.88. The van der Waals surface area contributed by atoms with Gasteiger partial charge in [-0.3, -0.25) is 4.79 Å². The maximum Gasteiger partial charge on any atom is 0.246 e. The number of nitrogens with one attached hydrogen (secondary N) is 1. The van der Waals surface area contributed by atoms with E-state index in [-0.39, 0.29) is 12.5 Å². The number of hydrogen-bond acceptors (Lipinski definition) is 4. The average molecular weight is 261 g/mol. The Labute approximate surface area is 109 Å². The van der Waals surface area contributed by atoms with Crippen LogP contribution in [-0.2, 0) is 11.3 Å². The van der Waals surface area contributed by atoms with Gasteiger partial charge in [-0.25, -0.2) is 9.67 Å². The van der Waals surface area contributed by atoms with E-state index < -0.39 is 0 Å². The minimum Gasteiger partial charge on any atom is -0.389 e. The highest BCUT2D eigenvalue weighted by Gasteiger charge is 2.05. The Hall–Kier alpha value is -2.28. The van der Waals surface area contributed by atoms with Crippen molar-refractivity contribution in [1.29, 1.82) is 0 Å². The van der Waals surface area contributed by atoms with Gasteiger partial charge in [0.2, 0.25) is 5.91 Å². The lowest BCUT2D eigenvalue weighted by molar-refractivity contribution is -0.116. The molecular weight excluding hydrogens is 250 g/mol. The Morgan fingerprint density at radius 3 is 3.00 bits per heavy atom. The van der Waals surface area contributed by atoms with Crippen molar-refractivity contribution in [2.24, 2.45) is 5.73 Å². The van der Waals surface area contributed by atoms with E-state index in [1.54, 1.807) is 24.3 Å². The number of amides is 1. The van der Waals surface area contributed by atoms with Gasteiger partial charge in [0.05, 0.1) is 0 Å². The summed E-state index contributed by atoms with van der Waals surface area (Å²) < 4.78 is 1.44. The first-order valence-electron chi connectivity index (χ1n) is 5.17. The summed E-state index contributed by atoms with van der Waals surface area (Å²) in [6, 6.07) is 7.05. The molecule has 0 aliphatic carbocycles. The Bertz CT molecular complexity index is 567. The Morgan fingerprint density at radius 1 is 1.50 bits per heavy atom. The lowest BCUT2D eigenvalue weighted by Crippen LogP contribution is -2.19. The number of nitrogens with two attached hydrogens (primary N) is 1. The number of thiocarbonyl (C=S) groups is 1. The highest BCUT2D eigenvalue weighted by atomic mass is 32.1. The topological polar surface area (TPSA) is 85.8 Å². The summed E-state index contributed by atoms with van der Waals surface area (Å²) in [6.45, 7) is 0.108. The SMILES string of the molecule is NC(=S)c1cccc(NC(=O)Cn2cncn2)c1. The largest absolute Gasteiger partial charge is 0.389 e. The van der Waals surface area contributed by atoms with Crippen LogP contribution in [0.25, 0.3) is 0 Å². The molecule has 0 aliphatic rings. The van der Waals surface area contributed by atoms with Crippen molar-refractivity contribution in [3.05, 3.63) is 42.5 Å². The first-order valence-corrected chi connectivity index (χ1v) is 5.58. The van der Waals surface area contributed by atoms with Gasteiger partial charge in [0.1, 0.15) is 24.2 Å². The number of carbonyl (C=O) groups excluding carboxylic acids is 1. The normalized spacial score (nSPS) is 10.0.